The fraction of sp³-hybridized carbons (Fsp3) is 0.500. The number of aliphatic hydroxyl groups excluding tert-OH is 1. The maximum atomic E-state index is 10.1. The van der Waals surface area contributed by atoms with Gasteiger partial charge in [0.05, 0.1) is 25.9 Å². The molecular weight excluding hydrogens is 206 g/mol. The van der Waals surface area contributed by atoms with E-state index in [1.165, 1.54) is 0 Å². The van der Waals surface area contributed by atoms with E-state index < -0.39 is 6.10 Å². The number of benzene rings is 1. The molecule has 2 N–H and O–H groups in total. The van der Waals surface area contributed by atoms with E-state index >= 15 is 0 Å². The molecule has 90 valence electrons. The van der Waals surface area contributed by atoms with Gasteiger partial charge >= 0.3 is 0 Å². The monoisotopic (exact) mass is 225 g/mol. The number of ether oxygens (including phenoxy) is 2. The topological polar surface area (TPSA) is 50.7 Å². The molecule has 0 aliphatic rings. The van der Waals surface area contributed by atoms with E-state index in [4.69, 9.17) is 9.47 Å². The molecular formula is C12H19NO3. The van der Waals surface area contributed by atoms with Crippen LogP contribution in [0.3, 0.4) is 0 Å². The molecule has 0 bridgehead atoms. The molecule has 1 unspecified atom stereocenters. The molecule has 1 aromatic carbocycles. The average molecular weight is 225 g/mol. The normalized spacial score (nSPS) is 12.2. The number of hydrogen-bond acceptors (Lipinski definition) is 4. The van der Waals surface area contributed by atoms with Gasteiger partial charge in [0.2, 0.25) is 0 Å². The van der Waals surface area contributed by atoms with Gasteiger partial charge in [-0.25, -0.2) is 0 Å². The highest BCUT2D eigenvalue weighted by molar-refractivity contribution is 5.46. The maximum Gasteiger partial charge on any atom is 0.128 e. The Morgan fingerprint density at radius 2 is 1.81 bits per heavy atom. The second-order valence-electron chi connectivity index (χ2n) is 3.40. The predicted molar refractivity (Wildman–Crippen MR) is 63.0 cm³/mol. The van der Waals surface area contributed by atoms with Gasteiger partial charge in [-0.15, -0.1) is 0 Å². The van der Waals surface area contributed by atoms with Crippen LogP contribution in [0, 0.1) is 0 Å². The van der Waals surface area contributed by atoms with Gasteiger partial charge in [0.15, 0.2) is 0 Å². The first-order valence-corrected chi connectivity index (χ1v) is 5.34. The third-order valence-corrected chi connectivity index (χ3v) is 2.39. The van der Waals surface area contributed by atoms with Crippen LogP contribution in [0.5, 0.6) is 11.5 Å². The third kappa shape index (κ3) is 2.87. The number of hydrogen-bond donors (Lipinski definition) is 2. The van der Waals surface area contributed by atoms with Crippen molar-refractivity contribution in [2.75, 3.05) is 27.3 Å². The minimum absolute atomic E-state index is 0.479. The molecule has 0 aromatic heterocycles. The second kappa shape index (κ2) is 6.35. The number of methoxy groups -OCH3 is 2. The summed E-state index contributed by atoms with van der Waals surface area (Å²) in [5, 5.41) is 13.1. The fourth-order valence-electron chi connectivity index (χ4n) is 1.59. The minimum atomic E-state index is -0.633. The second-order valence-corrected chi connectivity index (χ2v) is 3.40. The first-order chi connectivity index (χ1) is 7.74. The van der Waals surface area contributed by atoms with Crippen LogP contribution in [-0.4, -0.2) is 32.4 Å². The van der Waals surface area contributed by atoms with Crippen molar-refractivity contribution in [3.63, 3.8) is 0 Å². The number of aliphatic hydroxyl groups is 1. The highest BCUT2D eigenvalue weighted by atomic mass is 16.5. The van der Waals surface area contributed by atoms with Crippen LogP contribution in [0.2, 0.25) is 0 Å². The minimum Gasteiger partial charge on any atom is -0.496 e. The summed E-state index contributed by atoms with van der Waals surface area (Å²) in [4.78, 5) is 0. The first kappa shape index (κ1) is 12.8. The summed E-state index contributed by atoms with van der Waals surface area (Å²) < 4.78 is 10.4. The Balaban J connectivity index is 2.97. The summed E-state index contributed by atoms with van der Waals surface area (Å²) >= 11 is 0. The van der Waals surface area contributed by atoms with E-state index in [1.807, 2.05) is 25.1 Å². The van der Waals surface area contributed by atoms with Crippen LogP contribution >= 0.6 is 0 Å². The Morgan fingerprint density at radius 3 is 2.25 bits per heavy atom. The Morgan fingerprint density at radius 1 is 1.25 bits per heavy atom. The Hall–Kier alpha value is -1.26. The van der Waals surface area contributed by atoms with Crippen LogP contribution in [0.1, 0.15) is 18.6 Å². The maximum absolute atomic E-state index is 10.1. The lowest BCUT2D eigenvalue weighted by Crippen LogP contribution is -2.21. The van der Waals surface area contributed by atoms with E-state index in [2.05, 4.69) is 5.32 Å². The van der Waals surface area contributed by atoms with Crippen LogP contribution < -0.4 is 14.8 Å². The Kier molecular flexibility index (Phi) is 5.08. The standard InChI is InChI=1S/C12H19NO3/c1-4-13-8-9(14)12-10(15-2)6-5-7-11(12)16-3/h5-7,9,13-14H,4,8H2,1-3H3. The van der Waals surface area contributed by atoms with Crippen molar-refractivity contribution in [3.05, 3.63) is 23.8 Å². The number of nitrogens with one attached hydrogen (secondary N) is 1. The van der Waals surface area contributed by atoms with Crippen molar-refractivity contribution in [1.82, 2.24) is 5.32 Å². The summed E-state index contributed by atoms with van der Waals surface area (Å²) in [6.45, 7) is 3.29. The van der Waals surface area contributed by atoms with Crippen LogP contribution in [0.4, 0.5) is 0 Å². The molecule has 0 heterocycles. The summed E-state index contributed by atoms with van der Waals surface area (Å²) in [6, 6.07) is 5.46. The molecule has 4 heteroatoms. The van der Waals surface area contributed by atoms with Gasteiger partial charge in [0.25, 0.3) is 0 Å². The molecule has 1 aromatic rings. The largest absolute Gasteiger partial charge is 0.496 e. The molecule has 0 fully saturated rings. The molecule has 1 atom stereocenters. The van der Waals surface area contributed by atoms with Gasteiger partial charge < -0.3 is 19.9 Å². The lowest BCUT2D eigenvalue weighted by molar-refractivity contribution is 0.167. The smallest absolute Gasteiger partial charge is 0.128 e. The molecule has 4 nitrogen and oxygen atoms in total. The third-order valence-electron chi connectivity index (χ3n) is 2.39. The molecule has 0 radical (unpaired) electrons. The van der Waals surface area contributed by atoms with Crippen molar-refractivity contribution in [2.45, 2.75) is 13.0 Å². The molecule has 0 spiro atoms. The molecule has 0 saturated carbocycles. The van der Waals surface area contributed by atoms with E-state index in [0.29, 0.717) is 23.6 Å². The van der Waals surface area contributed by atoms with Gasteiger partial charge in [-0.2, -0.15) is 0 Å². The first-order valence-electron chi connectivity index (χ1n) is 5.34. The highest BCUT2D eigenvalue weighted by Crippen LogP contribution is 2.33. The van der Waals surface area contributed by atoms with E-state index in [9.17, 15) is 5.11 Å². The van der Waals surface area contributed by atoms with Crippen molar-refractivity contribution < 1.29 is 14.6 Å². The zero-order valence-corrected chi connectivity index (χ0v) is 9.99. The number of rotatable bonds is 6. The van der Waals surface area contributed by atoms with Crippen LogP contribution in [0.25, 0.3) is 0 Å². The lowest BCUT2D eigenvalue weighted by Gasteiger charge is -2.18. The zero-order chi connectivity index (χ0) is 12.0. The van der Waals surface area contributed by atoms with Crippen molar-refractivity contribution >= 4 is 0 Å². The average Bonchev–Trinajstić information content (AvgIpc) is 2.34. The van der Waals surface area contributed by atoms with E-state index in [-0.39, 0.29) is 0 Å². The molecule has 0 saturated heterocycles. The molecule has 0 amide bonds. The van der Waals surface area contributed by atoms with Crippen LogP contribution in [-0.2, 0) is 0 Å². The van der Waals surface area contributed by atoms with Crippen LogP contribution in [0.15, 0.2) is 18.2 Å². The van der Waals surface area contributed by atoms with Crippen molar-refractivity contribution in [3.8, 4) is 11.5 Å². The highest BCUT2D eigenvalue weighted by Gasteiger charge is 2.17. The molecule has 0 aliphatic heterocycles. The van der Waals surface area contributed by atoms with Gasteiger partial charge in [0.1, 0.15) is 11.5 Å². The van der Waals surface area contributed by atoms with E-state index in [0.717, 1.165) is 6.54 Å². The summed E-state index contributed by atoms with van der Waals surface area (Å²) in [7, 11) is 3.16. The summed E-state index contributed by atoms with van der Waals surface area (Å²) in [5.74, 6) is 1.29. The Bertz CT molecular complexity index is 306. The zero-order valence-electron chi connectivity index (χ0n) is 9.99. The lowest BCUT2D eigenvalue weighted by atomic mass is 10.1. The SMILES string of the molecule is CCNCC(O)c1c(OC)cccc1OC. The van der Waals surface area contributed by atoms with Crippen molar-refractivity contribution in [1.29, 1.82) is 0 Å². The van der Waals surface area contributed by atoms with Crippen molar-refractivity contribution in [2.24, 2.45) is 0 Å². The molecule has 0 aliphatic carbocycles. The Labute approximate surface area is 96.2 Å². The predicted octanol–water partition coefficient (Wildman–Crippen LogP) is 1.35. The van der Waals surface area contributed by atoms with Gasteiger partial charge in [-0.3, -0.25) is 0 Å². The van der Waals surface area contributed by atoms with E-state index in [1.54, 1.807) is 14.2 Å². The van der Waals surface area contributed by atoms with Gasteiger partial charge in [-0.1, -0.05) is 13.0 Å². The van der Waals surface area contributed by atoms with Gasteiger partial charge in [-0.05, 0) is 18.7 Å². The molecule has 16 heavy (non-hydrogen) atoms. The fourth-order valence-corrected chi connectivity index (χ4v) is 1.59. The summed E-state index contributed by atoms with van der Waals surface area (Å²) in [5.41, 5.74) is 0.688. The quantitative estimate of drug-likeness (QED) is 0.767. The summed E-state index contributed by atoms with van der Waals surface area (Å²) in [6.07, 6.45) is -0.633. The number of likely N-dealkylation sites (N-methyl/N-ethyl adjacent to an activating group) is 1. The van der Waals surface area contributed by atoms with Gasteiger partial charge in [0, 0.05) is 6.54 Å². The molecule has 1 rings (SSSR count).